The monoisotopic (exact) mass is 404 g/mol. The second-order valence-corrected chi connectivity index (χ2v) is 9.40. The Morgan fingerprint density at radius 2 is 1.32 bits per heavy atom. The minimum Gasteiger partial charge on any atom is -0.444 e. The van der Waals surface area contributed by atoms with Crippen molar-refractivity contribution in [2.75, 3.05) is 9.62 Å². The minimum atomic E-state index is -2.88. The van der Waals surface area contributed by atoms with E-state index >= 15 is 0 Å². The van der Waals surface area contributed by atoms with Crippen molar-refractivity contribution in [3.05, 3.63) is 54.1 Å². The van der Waals surface area contributed by atoms with Crippen LogP contribution in [-0.4, -0.2) is 20.1 Å². The molecule has 28 heavy (non-hydrogen) atoms. The van der Waals surface area contributed by atoms with Crippen molar-refractivity contribution < 1.29 is 17.9 Å². The third-order valence-corrected chi connectivity index (χ3v) is 4.69. The van der Waals surface area contributed by atoms with Gasteiger partial charge in [0.25, 0.3) is 0 Å². The third kappa shape index (κ3) is 5.99. The smallest absolute Gasteiger partial charge is 0.412 e. The van der Waals surface area contributed by atoms with Crippen LogP contribution in [0.5, 0.6) is 0 Å². The summed E-state index contributed by atoms with van der Waals surface area (Å²) in [7, 11) is -2.88. The highest BCUT2D eigenvalue weighted by Gasteiger charge is 2.18. The van der Waals surface area contributed by atoms with E-state index in [-0.39, 0.29) is 5.41 Å². The van der Waals surface area contributed by atoms with Gasteiger partial charge in [-0.1, -0.05) is 32.9 Å². The number of benzene rings is 2. The number of amides is 1. The number of ether oxygens (including phenoxy) is 1. The number of nitrogens with zero attached hydrogens (tertiary/aromatic N) is 1. The summed E-state index contributed by atoms with van der Waals surface area (Å²) in [4.78, 5) is 11.8. The van der Waals surface area contributed by atoms with Gasteiger partial charge in [-0.05, 0) is 68.1 Å². The summed E-state index contributed by atoms with van der Waals surface area (Å²) in [6, 6.07) is 14.0. The van der Waals surface area contributed by atoms with Crippen molar-refractivity contribution in [3.8, 4) is 0 Å². The van der Waals surface area contributed by atoms with Gasteiger partial charge in [-0.15, -0.1) is 0 Å². The Labute approximate surface area is 168 Å². The van der Waals surface area contributed by atoms with Gasteiger partial charge in [0.2, 0.25) is 10.9 Å². The number of carbonyl (C=O) groups excluding carboxylic acids is 1. The standard InChI is InChI=1S/C21H28N2O4S/c1-20(2,3)15-7-11-17(12-8-15)23(28(25)26)18-13-9-16(10-14-18)22-19(24)27-21(4,5)6/h7-14,28H,1-6H3,(H,22,24). The fourth-order valence-corrected chi connectivity index (χ4v) is 3.19. The van der Waals surface area contributed by atoms with E-state index in [2.05, 4.69) is 26.1 Å². The summed E-state index contributed by atoms with van der Waals surface area (Å²) >= 11 is 0. The predicted octanol–water partition coefficient (Wildman–Crippen LogP) is 5.00. The predicted molar refractivity (Wildman–Crippen MR) is 114 cm³/mol. The number of carbonyl (C=O) groups is 1. The Kier molecular flexibility index (Phi) is 6.39. The Hall–Kier alpha value is -2.54. The van der Waals surface area contributed by atoms with Crippen molar-refractivity contribution >= 4 is 34.0 Å². The fraction of sp³-hybridized carbons (Fsp3) is 0.381. The van der Waals surface area contributed by atoms with Gasteiger partial charge in [-0.25, -0.2) is 17.5 Å². The van der Waals surface area contributed by atoms with Crippen LogP contribution in [0.4, 0.5) is 21.9 Å². The molecule has 0 fully saturated rings. The number of hydrogen-bond donors (Lipinski definition) is 2. The first-order valence-corrected chi connectivity index (χ1v) is 10.1. The third-order valence-electron chi connectivity index (χ3n) is 3.90. The quantitative estimate of drug-likeness (QED) is 0.704. The Balaban J connectivity index is 2.22. The minimum absolute atomic E-state index is 0.0159. The van der Waals surface area contributed by atoms with E-state index in [1.165, 1.54) is 4.31 Å². The lowest BCUT2D eigenvalue weighted by Gasteiger charge is -2.22. The lowest BCUT2D eigenvalue weighted by Crippen LogP contribution is -2.27. The van der Waals surface area contributed by atoms with Crippen LogP contribution in [0.25, 0.3) is 0 Å². The van der Waals surface area contributed by atoms with Crippen molar-refractivity contribution in [1.82, 2.24) is 0 Å². The van der Waals surface area contributed by atoms with Gasteiger partial charge in [-0.2, -0.15) is 0 Å². The van der Waals surface area contributed by atoms with Crippen molar-refractivity contribution in [1.29, 1.82) is 0 Å². The number of nitrogens with one attached hydrogen (secondary N) is 1. The molecule has 0 aromatic heterocycles. The van der Waals surface area contributed by atoms with Crippen LogP contribution < -0.4 is 9.62 Å². The zero-order chi connectivity index (χ0) is 21.1. The average Bonchev–Trinajstić information content (AvgIpc) is 2.54. The molecule has 1 N–H and O–H groups in total. The maximum absolute atomic E-state index is 11.9. The largest absolute Gasteiger partial charge is 0.444 e. The van der Waals surface area contributed by atoms with E-state index in [4.69, 9.17) is 4.74 Å². The molecule has 0 radical (unpaired) electrons. The first-order valence-electron chi connectivity index (χ1n) is 9.02. The zero-order valence-corrected chi connectivity index (χ0v) is 18.0. The van der Waals surface area contributed by atoms with Crippen LogP contribution in [0.15, 0.2) is 48.5 Å². The van der Waals surface area contributed by atoms with Gasteiger partial charge >= 0.3 is 6.09 Å². The van der Waals surface area contributed by atoms with E-state index < -0.39 is 22.6 Å². The zero-order valence-electron chi connectivity index (χ0n) is 17.1. The Bertz CT molecular complexity index is 882. The maximum Gasteiger partial charge on any atom is 0.412 e. The molecule has 152 valence electrons. The molecule has 2 aromatic carbocycles. The lowest BCUT2D eigenvalue weighted by atomic mass is 9.87. The SMILES string of the molecule is CC(C)(C)OC(=O)Nc1ccc(N(c2ccc(C(C)(C)C)cc2)[SH](=O)=O)cc1. The molecule has 1 amide bonds. The van der Waals surface area contributed by atoms with E-state index in [9.17, 15) is 13.2 Å². The second kappa shape index (κ2) is 8.22. The van der Waals surface area contributed by atoms with Gasteiger partial charge < -0.3 is 4.74 Å². The molecule has 0 bridgehead atoms. The molecule has 0 spiro atoms. The summed E-state index contributed by atoms with van der Waals surface area (Å²) < 4.78 is 30.2. The van der Waals surface area contributed by atoms with E-state index in [1.807, 2.05) is 12.1 Å². The highest BCUT2D eigenvalue weighted by Crippen LogP contribution is 2.30. The number of rotatable bonds is 4. The van der Waals surface area contributed by atoms with E-state index in [1.54, 1.807) is 57.2 Å². The first kappa shape index (κ1) is 21.8. The van der Waals surface area contributed by atoms with Gasteiger partial charge in [0.05, 0.1) is 11.4 Å². The molecule has 0 aliphatic heterocycles. The van der Waals surface area contributed by atoms with Crippen molar-refractivity contribution in [2.45, 2.75) is 52.6 Å². The lowest BCUT2D eigenvalue weighted by molar-refractivity contribution is 0.0636. The second-order valence-electron chi connectivity index (χ2n) is 8.52. The molecule has 0 aliphatic carbocycles. The molecular weight excluding hydrogens is 376 g/mol. The summed E-state index contributed by atoms with van der Waals surface area (Å²) in [6.45, 7) is 11.6. The van der Waals surface area contributed by atoms with Crippen LogP contribution in [0.1, 0.15) is 47.1 Å². The Morgan fingerprint density at radius 3 is 1.71 bits per heavy atom. The van der Waals surface area contributed by atoms with E-state index in [0.717, 1.165) is 5.56 Å². The van der Waals surface area contributed by atoms with Gasteiger partial charge in [-0.3, -0.25) is 5.32 Å². The van der Waals surface area contributed by atoms with Crippen LogP contribution >= 0.6 is 0 Å². The van der Waals surface area contributed by atoms with Crippen molar-refractivity contribution in [2.24, 2.45) is 0 Å². The molecule has 7 heteroatoms. The molecule has 0 heterocycles. The molecule has 0 atom stereocenters. The molecular formula is C21H28N2O4S. The summed E-state index contributed by atoms with van der Waals surface area (Å²) in [5.41, 5.74) is 2.06. The summed E-state index contributed by atoms with van der Waals surface area (Å²) in [6.07, 6.45) is -0.565. The van der Waals surface area contributed by atoms with Gasteiger partial charge in [0, 0.05) is 5.69 Å². The Morgan fingerprint density at radius 1 is 0.857 bits per heavy atom. The molecule has 6 nitrogen and oxygen atoms in total. The molecule has 0 aliphatic rings. The van der Waals surface area contributed by atoms with Gasteiger partial charge in [0.15, 0.2) is 0 Å². The first-order chi connectivity index (χ1) is 12.9. The van der Waals surface area contributed by atoms with E-state index in [0.29, 0.717) is 17.1 Å². The summed E-state index contributed by atoms with van der Waals surface area (Å²) in [5.74, 6) is 0. The van der Waals surface area contributed by atoms with Gasteiger partial charge in [0.1, 0.15) is 5.60 Å². The van der Waals surface area contributed by atoms with Crippen LogP contribution in [0.2, 0.25) is 0 Å². The fourth-order valence-electron chi connectivity index (χ4n) is 2.55. The molecule has 0 saturated carbocycles. The maximum atomic E-state index is 11.9. The molecule has 0 saturated heterocycles. The van der Waals surface area contributed by atoms with Crippen LogP contribution in [0, 0.1) is 0 Å². The highest BCUT2D eigenvalue weighted by molar-refractivity contribution is 7.74. The van der Waals surface area contributed by atoms with Crippen molar-refractivity contribution in [3.63, 3.8) is 0 Å². The number of hydrogen-bond acceptors (Lipinski definition) is 4. The normalized spacial score (nSPS) is 12.0. The molecule has 2 aromatic rings. The van der Waals surface area contributed by atoms with Crippen LogP contribution in [0.3, 0.4) is 0 Å². The highest BCUT2D eigenvalue weighted by atomic mass is 32.2. The molecule has 2 rings (SSSR count). The van der Waals surface area contributed by atoms with Crippen LogP contribution in [-0.2, 0) is 21.0 Å². The molecule has 0 unspecified atom stereocenters. The average molecular weight is 405 g/mol. The summed E-state index contributed by atoms with van der Waals surface area (Å²) in [5, 5.41) is 2.63. The topological polar surface area (TPSA) is 75.7 Å². The number of thiol groups is 1. The number of anilines is 3.